The van der Waals surface area contributed by atoms with Gasteiger partial charge in [-0.25, -0.2) is 13.1 Å². The summed E-state index contributed by atoms with van der Waals surface area (Å²) in [6.07, 6.45) is 0. The molecule has 2 aromatic rings. The van der Waals surface area contributed by atoms with Gasteiger partial charge < -0.3 is 0 Å². The van der Waals surface area contributed by atoms with Crippen LogP contribution in [-0.2, 0) is 15.8 Å². The predicted molar refractivity (Wildman–Crippen MR) is 104 cm³/mol. The Morgan fingerprint density at radius 1 is 0.958 bits per heavy atom. The molecule has 0 heterocycles. The highest BCUT2D eigenvalue weighted by Gasteiger charge is 2.17. The number of halogens is 4. The van der Waals surface area contributed by atoms with Crippen LogP contribution in [0.15, 0.2) is 41.3 Å². The Balaban J connectivity index is 1.89. The molecule has 1 N–H and O–H groups in total. The minimum absolute atomic E-state index is 0.0317. The van der Waals surface area contributed by atoms with Crippen molar-refractivity contribution in [3.05, 3.63) is 62.1 Å². The van der Waals surface area contributed by atoms with Crippen molar-refractivity contribution in [3.63, 3.8) is 0 Å². The summed E-state index contributed by atoms with van der Waals surface area (Å²) in [5.41, 5.74) is 0.839. The number of rotatable bonds is 7. The van der Waals surface area contributed by atoms with Gasteiger partial charge in [-0.15, -0.1) is 0 Å². The van der Waals surface area contributed by atoms with Crippen LogP contribution >= 0.6 is 58.2 Å². The Bertz CT molecular complexity index is 808. The van der Waals surface area contributed by atoms with Crippen LogP contribution in [-0.4, -0.2) is 20.7 Å². The summed E-state index contributed by atoms with van der Waals surface area (Å²) in [4.78, 5) is -0.0317. The molecule has 0 aromatic heterocycles. The Kier molecular flexibility index (Phi) is 7.56. The molecular formula is C15H13Cl4NO2S2. The highest BCUT2D eigenvalue weighted by Crippen LogP contribution is 2.28. The lowest BCUT2D eigenvalue weighted by atomic mass is 10.2. The number of benzene rings is 2. The number of hydrogen-bond acceptors (Lipinski definition) is 3. The van der Waals surface area contributed by atoms with E-state index in [9.17, 15) is 8.42 Å². The summed E-state index contributed by atoms with van der Waals surface area (Å²) in [5.74, 6) is 1.15. The van der Waals surface area contributed by atoms with E-state index in [-0.39, 0.29) is 16.5 Å². The van der Waals surface area contributed by atoms with Crippen LogP contribution in [0, 0.1) is 0 Å². The second kappa shape index (κ2) is 8.99. The maximum atomic E-state index is 12.2. The highest BCUT2D eigenvalue weighted by atomic mass is 35.5. The van der Waals surface area contributed by atoms with Gasteiger partial charge in [-0.05, 0) is 35.9 Å². The number of hydrogen-bond donors (Lipinski definition) is 1. The lowest BCUT2D eigenvalue weighted by molar-refractivity contribution is 0.584. The summed E-state index contributed by atoms with van der Waals surface area (Å²) in [6, 6.07) is 9.63. The van der Waals surface area contributed by atoms with Crippen LogP contribution in [0.2, 0.25) is 20.1 Å². The average Bonchev–Trinajstić information content (AvgIpc) is 2.51. The lowest BCUT2D eigenvalue weighted by Gasteiger charge is -2.09. The van der Waals surface area contributed by atoms with Gasteiger partial charge >= 0.3 is 0 Å². The van der Waals surface area contributed by atoms with Crippen molar-refractivity contribution >= 4 is 68.2 Å². The van der Waals surface area contributed by atoms with E-state index in [0.717, 1.165) is 5.56 Å². The smallest absolute Gasteiger partial charge is 0.210 e. The molecule has 0 saturated carbocycles. The van der Waals surface area contributed by atoms with Gasteiger partial charge in [0.25, 0.3) is 0 Å². The zero-order valence-electron chi connectivity index (χ0n) is 12.2. The highest BCUT2D eigenvalue weighted by molar-refractivity contribution is 7.98. The van der Waals surface area contributed by atoms with E-state index in [2.05, 4.69) is 4.72 Å². The SMILES string of the molecule is O=S(=O)(NCCSCc1c(Cl)cccc1Cl)c1cc(Cl)ccc1Cl. The molecule has 24 heavy (non-hydrogen) atoms. The molecule has 0 aliphatic carbocycles. The summed E-state index contributed by atoms with van der Waals surface area (Å²) in [5, 5.41) is 1.63. The second-order valence-electron chi connectivity index (χ2n) is 4.73. The van der Waals surface area contributed by atoms with E-state index in [1.54, 1.807) is 18.2 Å². The molecule has 0 amide bonds. The molecule has 0 atom stereocenters. The average molecular weight is 445 g/mol. The summed E-state index contributed by atoms with van der Waals surface area (Å²) in [6.45, 7) is 0.248. The number of sulfonamides is 1. The standard InChI is InChI=1S/C15H13Cl4NO2S2/c16-10-4-5-14(19)15(8-10)24(21,22)20-6-7-23-9-11-12(17)2-1-3-13(11)18/h1-5,8,20H,6-7,9H2. The van der Waals surface area contributed by atoms with Gasteiger partial charge in [0.1, 0.15) is 4.90 Å². The molecule has 0 radical (unpaired) electrons. The molecular weight excluding hydrogens is 432 g/mol. The minimum atomic E-state index is -3.71. The van der Waals surface area contributed by atoms with Crippen molar-refractivity contribution in [2.45, 2.75) is 10.6 Å². The lowest BCUT2D eigenvalue weighted by Crippen LogP contribution is -2.26. The number of thioether (sulfide) groups is 1. The van der Waals surface area contributed by atoms with E-state index in [4.69, 9.17) is 46.4 Å². The van der Waals surface area contributed by atoms with Crippen molar-refractivity contribution in [2.24, 2.45) is 0 Å². The van der Waals surface area contributed by atoms with Gasteiger partial charge in [-0.3, -0.25) is 0 Å². The molecule has 0 fully saturated rings. The quantitative estimate of drug-likeness (QED) is 0.572. The fourth-order valence-corrected chi connectivity index (χ4v) is 5.37. The van der Waals surface area contributed by atoms with Gasteiger partial charge in [-0.1, -0.05) is 52.5 Å². The Hall–Kier alpha value is -0.140. The van der Waals surface area contributed by atoms with E-state index in [0.29, 0.717) is 26.6 Å². The molecule has 9 heteroatoms. The fraction of sp³-hybridized carbons (Fsp3) is 0.200. The largest absolute Gasteiger partial charge is 0.242 e. The first-order chi connectivity index (χ1) is 11.3. The Morgan fingerprint density at radius 2 is 1.62 bits per heavy atom. The van der Waals surface area contributed by atoms with Gasteiger partial charge in [0.15, 0.2) is 0 Å². The van der Waals surface area contributed by atoms with Crippen LogP contribution in [0.4, 0.5) is 0 Å². The fourth-order valence-electron chi connectivity index (χ4n) is 1.85. The summed E-state index contributed by atoms with van der Waals surface area (Å²) in [7, 11) is -3.71. The Labute approximate surface area is 165 Å². The Morgan fingerprint density at radius 3 is 2.29 bits per heavy atom. The van der Waals surface area contributed by atoms with Gasteiger partial charge in [0.05, 0.1) is 5.02 Å². The normalized spacial score (nSPS) is 11.7. The first-order valence-corrected chi connectivity index (χ1v) is 10.9. The van der Waals surface area contributed by atoms with E-state index < -0.39 is 10.0 Å². The molecule has 0 aliphatic heterocycles. The minimum Gasteiger partial charge on any atom is -0.210 e. The predicted octanol–water partition coefficient (Wildman–Crippen LogP) is 5.51. The van der Waals surface area contributed by atoms with Crippen molar-refractivity contribution in [2.75, 3.05) is 12.3 Å². The molecule has 0 unspecified atom stereocenters. The molecule has 0 spiro atoms. The van der Waals surface area contributed by atoms with Crippen LogP contribution in [0.3, 0.4) is 0 Å². The molecule has 0 aliphatic rings. The summed E-state index contributed by atoms with van der Waals surface area (Å²) >= 11 is 25.5. The second-order valence-corrected chi connectivity index (χ2v) is 9.22. The zero-order valence-corrected chi connectivity index (χ0v) is 16.9. The van der Waals surface area contributed by atoms with Crippen molar-refractivity contribution < 1.29 is 8.42 Å². The molecule has 0 saturated heterocycles. The van der Waals surface area contributed by atoms with E-state index >= 15 is 0 Å². The van der Waals surface area contributed by atoms with Gasteiger partial charge in [-0.2, -0.15) is 11.8 Å². The maximum absolute atomic E-state index is 12.2. The first-order valence-electron chi connectivity index (χ1n) is 6.76. The number of nitrogens with one attached hydrogen (secondary N) is 1. The van der Waals surface area contributed by atoms with Crippen LogP contribution in [0.1, 0.15) is 5.56 Å². The third-order valence-corrected chi connectivity index (χ3v) is 6.90. The van der Waals surface area contributed by atoms with Crippen LogP contribution < -0.4 is 4.72 Å². The summed E-state index contributed by atoms with van der Waals surface area (Å²) < 4.78 is 27.0. The van der Waals surface area contributed by atoms with Crippen molar-refractivity contribution in [1.82, 2.24) is 4.72 Å². The third-order valence-electron chi connectivity index (χ3n) is 3.03. The van der Waals surface area contributed by atoms with Crippen molar-refractivity contribution in [1.29, 1.82) is 0 Å². The maximum Gasteiger partial charge on any atom is 0.242 e. The monoisotopic (exact) mass is 443 g/mol. The molecule has 130 valence electrons. The molecule has 2 rings (SSSR count). The van der Waals surface area contributed by atoms with Crippen LogP contribution in [0.5, 0.6) is 0 Å². The molecule has 0 bridgehead atoms. The van der Waals surface area contributed by atoms with Gasteiger partial charge in [0, 0.05) is 33.1 Å². The van der Waals surface area contributed by atoms with Crippen LogP contribution in [0.25, 0.3) is 0 Å². The topological polar surface area (TPSA) is 46.2 Å². The zero-order chi connectivity index (χ0) is 17.7. The molecule has 2 aromatic carbocycles. The third kappa shape index (κ3) is 5.43. The van der Waals surface area contributed by atoms with Crippen molar-refractivity contribution in [3.8, 4) is 0 Å². The van der Waals surface area contributed by atoms with Gasteiger partial charge in [0.2, 0.25) is 10.0 Å². The van der Waals surface area contributed by atoms with E-state index in [1.807, 2.05) is 0 Å². The van der Waals surface area contributed by atoms with E-state index in [1.165, 1.54) is 30.0 Å². The first kappa shape index (κ1) is 20.2. The molecule has 3 nitrogen and oxygen atoms in total.